The highest BCUT2D eigenvalue weighted by Gasteiger charge is 2.34. The van der Waals surface area contributed by atoms with Crippen LogP contribution in [0.5, 0.6) is 11.5 Å². The number of nitrogens with zero attached hydrogens (tertiary/aromatic N) is 4. The van der Waals surface area contributed by atoms with Crippen molar-refractivity contribution < 1.29 is 14.3 Å². The number of ether oxygens (including phenoxy) is 2. The fraction of sp³-hybridized carbons (Fsp3) is 0.481. The molecule has 1 aliphatic rings. The van der Waals surface area contributed by atoms with E-state index in [1.165, 1.54) is 16.6 Å². The van der Waals surface area contributed by atoms with Crippen molar-refractivity contribution >= 4 is 34.0 Å². The lowest BCUT2D eigenvalue weighted by Crippen LogP contribution is -2.28. The Morgan fingerprint density at radius 3 is 2.70 bits per heavy atom. The number of carbonyl (C=O) groups is 1. The van der Waals surface area contributed by atoms with E-state index < -0.39 is 0 Å². The van der Waals surface area contributed by atoms with Crippen LogP contribution in [0.2, 0.25) is 0 Å². The number of amides is 1. The van der Waals surface area contributed by atoms with Gasteiger partial charge in [-0.1, -0.05) is 39.0 Å². The molecule has 1 unspecified atom stereocenters. The molecule has 3 aromatic rings. The molecule has 0 spiro atoms. The predicted octanol–water partition coefficient (Wildman–Crippen LogP) is 5.61. The van der Waals surface area contributed by atoms with Crippen molar-refractivity contribution in [1.82, 2.24) is 14.8 Å². The van der Waals surface area contributed by atoms with Crippen molar-refractivity contribution in [2.45, 2.75) is 58.2 Å². The third kappa shape index (κ3) is 6.11. The van der Waals surface area contributed by atoms with Crippen LogP contribution in [0.25, 0.3) is 0 Å². The molecule has 4 rings (SSSR count). The number of nitrogens with one attached hydrogen (secondary N) is 1. The van der Waals surface area contributed by atoms with Crippen LogP contribution < -0.4 is 14.8 Å². The van der Waals surface area contributed by atoms with E-state index in [2.05, 4.69) is 42.4 Å². The van der Waals surface area contributed by atoms with E-state index in [0.717, 1.165) is 37.0 Å². The van der Waals surface area contributed by atoms with E-state index in [0.29, 0.717) is 33.2 Å². The molecule has 0 radical (unpaired) electrons. The lowest BCUT2D eigenvalue weighted by molar-refractivity contribution is -0.113. The van der Waals surface area contributed by atoms with Gasteiger partial charge in [-0.15, -0.1) is 21.5 Å². The largest absolute Gasteiger partial charge is 0.497 e. The molecule has 8 nitrogen and oxygen atoms in total. The zero-order valence-corrected chi connectivity index (χ0v) is 23.6. The van der Waals surface area contributed by atoms with Crippen molar-refractivity contribution in [2.75, 3.05) is 18.2 Å². The number of carbonyl (C=O) groups excluding carboxylic acids is 1. The smallest absolute Gasteiger partial charge is 0.235 e. The number of fused-ring (bicyclic) bond motifs is 1. The molecule has 1 amide bonds. The second kappa shape index (κ2) is 11.6. The molecule has 2 heterocycles. The summed E-state index contributed by atoms with van der Waals surface area (Å²) in [5.74, 6) is 2.72. The average molecular weight is 540 g/mol. The Kier molecular flexibility index (Phi) is 8.45. The fourth-order valence-corrected chi connectivity index (χ4v) is 6.48. The van der Waals surface area contributed by atoms with Gasteiger partial charge in [0.2, 0.25) is 5.91 Å². The molecule has 2 aromatic heterocycles. The van der Waals surface area contributed by atoms with Gasteiger partial charge in [0.05, 0.1) is 18.4 Å². The Morgan fingerprint density at radius 1 is 1.30 bits per heavy atom. The summed E-state index contributed by atoms with van der Waals surface area (Å²) in [6, 6.07) is 9.66. The number of thioether (sulfide) groups is 1. The van der Waals surface area contributed by atoms with Crippen LogP contribution in [0.1, 0.15) is 55.4 Å². The highest BCUT2D eigenvalue weighted by atomic mass is 32.2. The molecule has 0 saturated heterocycles. The molecule has 0 bridgehead atoms. The van der Waals surface area contributed by atoms with Crippen LogP contribution in [0.4, 0.5) is 5.00 Å². The highest BCUT2D eigenvalue weighted by molar-refractivity contribution is 7.99. The van der Waals surface area contributed by atoms with Crippen LogP contribution in [0.15, 0.2) is 29.4 Å². The van der Waals surface area contributed by atoms with Gasteiger partial charge in [-0.25, -0.2) is 0 Å². The summed E-state index contributed by atoms with van der Waals surface area (Å²) >= 11 is 2.86. The molecule has 196 valence electrons. The van der Waals surface area contributed by atoms with E-state index in [-0.39, 0.29) is 23.7 Å². The number of anilines is 1. The minimum atomic E-state index is -0.162. The summed E-state index contributed by atoms with van der Waals surface area (Å²) < 4.78 is 12.8. The monoisotopic (exact) mass is 539 g/mol. The van der Waals surface area contributed by atoms with Crippen LogP contribution in [-0.2, 0) is 31.3 Å². The summed E-state index contributed by atoms with van der Waals surface area (Å²) in [5, 5.41) is 22.5. The average Bonchev–Trinajstić information content (AvgIpc) is 3.44. The van der Waals surface area contributed by atoms with Crippen LogP contribution >= 0.6 is 23.1 Å². The van der Waals surface area contributed by atoms with Crippen molar-refractivity contribution in [1.29, 1.82) is 5.26 Å². The first-order chi connectivity index (χ1) is 17.7. The maximum Gasteiger partial charge on any atom is 0.235 e. The van der Waals surface area contributed by atoms with E-state index >= 15 is 0 Å². The number of methoxy groups -OCH3 is 1. The summed E-state index contributed by atoms with van der Waals surface area (Å²) in [7, 11) is 3.47. The van der Waals surface area contributed by atoms with E-state index in [1.54, 1.807) is 18.4 Å². The van der Waals surface area contributed by atoms with Crippen molar-refractivity contribution in [3.63, 3.8) is 0 Å². The highest BCUT2D eigenvalue weighted by Crippen LogP contribution is 2.45. The first-order valence-corrected chi connectivity index (χ1v) is 14.2. The lowest BCUT2D eigenvalue weighted by Gasteiger charge is -2.36. The van der Waals surface area contributed by atoms with E-state index in [1.807, 2.05) is 35.9 Å². The minimum absolute atomic E-state index is 0.162. The molecule has 37 heavy (non-hydrogen) atoms. The molecule has 0 fully saturated rings. The van der Waals surface area contributed by atoms with Gasteiger partial charge in [0.25, 0.3) is 0 Å². The van der Waals surface area contributed by atoms with Gasteiger partial charge in [0.1, 0.15) is 29.2 Å². The zero-order valence-electron chi connectivity index (χ0n) is 22.0. The normalized spacial score (nSPS) is 15.1. The van der Waals surface area contributed by atoms with Crippen LogP contribution in [0.3, 0.4) is 0 Å². The third-order valence-electron chi connectivity index (χ3n) is 7.33. The number of rotatable bonds is 10. The SMILES string of the molecule is CCC(C)(C)C1CCc2c(sc(NC(=O)CSc3nnc(COc4ccc(OC)cc4)n3C)c2C#N)C1. The fourth-order valence-electron chi connectivity index (χ4n) is 4.46. The van der Waals surface area contributed by atoms with Crippen molar-refractivity contribution in [3.05, 3.63) is 46.1 Å². The summed E-state index contributed by atoms with van der Waals surface area (Å²) in [6.45, 7) is 7.14. The molecule has 1 aromatic carbocycles. The number of thiophene rings is 1. The van der Waals surface area contributed by atoms with Gasteiger partial charge < -0.3 is 19.4 Å². The summed E-state index contributed by atoms with van der Waals surface area (Å²) in [4.78, 5) is 14.0. The molecule has 1 N–H and O–H groups in total. The van der Waals surface area contributed by atoms with Gasteiger partial charge in [0.15, 0.2) is 11.0 Å². The molecular weight excluding hydrogens is 506 g/mol. The predicted molar refractivity (Wildman–Crippen MR) is 146 cm³/mol. The lowest BCUT2D eigenvalue weighted by atomic mass is 9.69. The Labute approximate surface area is 226 Å². The van der Waals surface area contributed by atoms with Crippen molar-refractivity contribution in [2.24, 2.45) is 18.4 Å². The van der Waals surface area contributed by atoms with Crippen LogP contribution in [-0.4, -0.2) is 33.5 Å². The van der Waals surface area contributed by atoms with Crippen molar-refractivity contribution in [3.8, 4) is 17.6 Å². The molecule has 1 atom stereocenters. The first kappa shape index (κ1) is 27.0. The third-order valence-corrected chi connectivity index (χ3v) is 9.52. The summed E-state index contributed by atoms with van der Waals surface area (Å²) in [5.41, 5.74) is 2.01. The second-order valence-electron chi connectivity index (χ2n) is 9.86. The molecule has 0 saturated carbocycles. The Bertz CT molecular complexity index is 1290. The number of aromatic nitrogens is 3. The quantitative estimate of drug-likeness (QED) is 0.334. The van der Waals surface area contributed by atoms with E-state index in [4.69, 9.17) is 9.47 Å². The number of hydrogen-bond donors (Lipinski definition) is 1. The topological polar surface area (TPSA) is 102 Å². The number of benzene rings is 1. The van der Waals surface area contributed by atoms with Gasteiger partial charge in [-0.3, -0.25) is 4.79 Å². The summed E-state index contributed by atoms with van der Waals surface area (Å²) in [6.07, 6.45) is 4.08. The maximum atomic E-state index is 12.8. The van der Waals surface area contributed by atoms with Gasteiger partial charge in [-0.2, -0.15) is 5.26 Å². The maximum absolute atomic E-state index is 12.8. The Hall–Kier alpha value is -3.03. The molecule has 1 aliphatic carbocycles. The minimum Gasteiger partial charge on any atom is -0.497 e. The van der Waals surface area contributed by atoms with Gasteiger partial charge in [-0.05, 0) is 60.4 Å². The Balaban J connectivity index is 1.34. The molecule has 0 aliphatic heterocycles. The van der Waals surface area contributed by atoms with Gasteiger partial charge >= 0.3 is 0 Å². The molecule has 10 heteroatoms. The van der Waals surface area contributed by atoms with E-state index in [9.17, 15) is 10.1 Å². The Morgan fingerprint density at radius 2 is 2.03 bits per heavy atom. The van der Waals surface area contributed by atoms with Gasteiger partial charge in [0, 0.05) is 11.9 Å². The standard InChI is InChI=1S/C27H33N5O3S2/c1-6-27(2,3)17-7-12-20-21(14-28)25(37-22(20)13-17)29-24(33)16-36-26-31-30-23(32(26)4)15-35-19-10-8-18(34-5)9-11-19/h8-11,17H,6-7,12-13,15-16H2,1-5H3,(H,29,33). The molecular formula is C27H33N5O3S2. The first-order valence-electron chi connectivity index (χ1n) is 12.4. The number of nitriles is 1. The van der Waals surface area contributed by atoms with Crippen LogP contribution in [0, 0.1) is 22.7 Å². The zero-order chi connectivity index (χ0) is 26.6. The second-order valence-corrected chi connectivity index (χ2v) is 11.9. The number of hydrogen-bond acceptors (Lipinski definition) is 8.